The van der Waals surface area contributed by atoms with Crippen molar-refractivity contribution in [2.75, 3.05) is 24.6 Å². The van der Waals surface area contributed by atoms with Crippen molar-refractivity contribution < 1.29 is 4.39 Å². The molecule has 2 N–H and O–H groups in total. The Morgan fingerprint density at radius 1 is 0.808 bits per heavy atom. The van der Waals surface area contributed by atoms with Crippen molar-refractivity contribution in [3.63, 3.8) is 0 Å². The lowest BCUT2D eigenvalue weighted by Crippen LogP contribution is -2.23. The Hall–Kier alpha value is -0.960. The van der Waals surface area contributed by atoms with Crippen LogP contribution in [0.4, 0.5) is 4.39 Å². The van der Waals surface area contributed by atoms with Gasteiger partial charge in [-0.1, -0.05) is 53.4 Å². The first-order valence-electron chi connectivity index (χ1n) is 10.3. The van der Waals surface area contributed by atoms with Crippen molar-refractivity contribution in [3.05, 3.63) is 32.9 Å². The Morgan fingerprint density at radius 2 is 1.19 bits per heavy atom. The van der Waals surface area contributed by atoms with Crippen molar-refractivity contribution in [3.8, 4) is 0 Å². The number of aromatic amines is 2. The quantitative estimate of drug-likeness (QED) is 0.470. The van der Waals surface area contributed by atoms with Crippen LogP contribution in [-0.4, -0.2) is 34.6 Å². The van der Waals surface area contributed by atoms with E-state index >= 15 is 0 Å². The monoisotopic (exact) mass is 389 g/mol. The predicted octanol–water partition coefficient (Wildman–Crippen LogP) is 5.41. The summed E-state index contributed by atoms with van der Waals surface area (Å²) in [7, 11) is -0.562. The number of nitrogens with one attached hydrogen (secondary N) is 2. The summed E-state index contributed by atoms with van der Waals surface area (Å²) in [6, 6.07) is 0. The Labute approximate surface area is 158 Å². The van der Waals surface area contributed by atoms with Gasteiger partial charge in [0, 0.05) is 13.5 Å². The van der Waals surface area contributed by atoms with Gasteiger partial charge >= 0.3 is 5.69 Å². The van der Waals surface area contributed by atoms with Gasteiger partial charge in [-0.15, -0.1) is 0 Å². The highest BCUT2D eigenvalue weighted by Crippen LogP contribution is 2.61. The molecule has 0 saturated carbocycles. The molecule has 0 bridgehead atoms. The Balaban J connectivity index is 0.000000577. The maximum absolute atomic E-state index is 12.0. The maximum atomic E-state index is 12.0. The highest BCUT2D eigenvalue weighted by Gasteiger charge is 2.34. The summed E-state index contributed by atoms with van der Waals surface area (Å²) in [4.78, 5) is 24.0. The van der Waals surface area contributed by atoms with Crippen LogP contribution in [0.5, 0.6) is 0 Å². The Kier molecular flexibility index (Phi) is 14.6. The first-order chi connectivity index (χ1) is 12.4. The fourth-order valence-electron chi connectivity index (χ4n) is 3.04. The molecule has 1 rings (SSSR count). The number of unbranched alkanes of at least 4 members (excludes halogenated alkanes) is 4. The molecule has 0 atom stereocenters. The molecular weight excluding hydrogens is 350 g/mol. The summed E-state index contributed by atoms with van der Waals surface area (Å²) in [5, 5.41) is 0. The van der Waals surface area contributed by atoms with Crippen molar-refractivity contribution in [1.82, 2.24) is 9.97 Å². The largest absolute Gasteiger partial charge is 0.325 e. The first kappa shape index (κ1) is 25.0. The van der Waals surface area contributed by atoms with Gasteiger partial charge in [-0.2, -0.15) is 4.39 Å². The molecule has 0 unspecified atom stereocenters. The van der Waals surface area contributed by atoms with Crippen LogP contribution in [0, 0.1) is 5.82 Å². The smallest absolute Gasteiger partial charge is 0.311 e. The third kappa shape index (κ3) is 10.9. The summed E-state index contributed by atoms with van der Waals surface area (Å²) < 4.78 is 12.0. The van der Waals surface area contributed by atoms with Crippen LogP contribution in [0.2, 0.25) is 0 Å². The molecule has 1 aromatic rings. The average Bonchev–Trinajstić information content (AvgIpc) is 2.64. The zero-order valence-corrected chi connectivity index (χ0v) is 18.1. The van der Waals surface area contributed by atoms with Crippen LogP contribution in [0.15, 0.2) is 15.8 Å². The third-order valence-corrected chi connectivity index (χ3v) is 9.78. The van der Waals surface area contributed by atoms with Gasteiger partial charge in [-0.05, 0) is 25.7 Å². The van der Waals surface area contributed by atoms with Crippen molar-refractivity contribution in [2.24, 2.45) is 0 Å². The number of hydrogen-bond acceptors (Lipinski definition) is 2. The molecule has 0 aliphatic rings. The molecule has 0 saturated heterocycles. The van der Waals surface area contributed by atoms with Crippen molar-refractivity contribution in [2.45, 2.75) is 79.1 Å². The molecule has 4 nitrogen and oxygen atoms in total. The fraction of sp³-hybridized carbons (Fsp3) is 0.800. The lowest BCUT2D eigenvalue weighted by atomic mass is 10.4. The second-order valence-electron chi connectivity index (χ2n) is 7.07. The Bertz CT molecular complexity index is 534. The summed E-state index contributed by atoms with van der Waals surface area (Å²) in [5.41, 5.74) is -1.71. The highest BCUT2D eigenvalue weighted by atomic mass is 31.2. The van der Waals surface area contributed by atoms with E-state index in [0.717, 1.165) is 0 Å². The maximum Gasteiger partial charge on any atom is 0.325 e. The fourth-order valence-corrected chi connectivity index (χ4v) is 8.33. The molecule has 6 heteroatoms. The highest BCUT2D eigenvalue weighted by molar-refractivity contribution is 7.75. The normalized spacial score (nSPS) is 11.1. The van der Waals surface area contributed by atoms with E-state index in [1.165, 1.54) is 51.4 Å². The second-order valence-corrected chi connectivity index (χ2v) is 11.5. The number of hydrogen-bond donors (Lipinski definition) is 2. The van der Waals surface area contributed by atoms with E-state index < -0.39 is 24.3 Å². The van der Waals surface area contributed by atoms with E-state index in [9.17, 15) is 14.0 Å². The Morgan fingerprint density at radius 3 is 1.46 bits per heavy atom. The van der Waals surface area contributed by atoms with Gasteiger partial charge in [0.25, 0.3) is 5.56 Å². The zero-order valence-electron chi connectivity index (χ0n) is 17.2. The van der Waals surface area contributed by atoms with E-state index in [1.807, 2.05) is 4.98 Å². The van der Waals surface area contributed by atoms with E-state index in [-0.39, 0.29) is 0 Å². The van der Waals surface area contributed by atoms with Gasteiger partial charge in [0.2, 0.25) is 5.82 Å². The van der Waals surface area contributed by atoms with Gasteiger partial charge in [0.15, 0.2) is 0 Å². The third-order valence-electron chi connectivity index (χ3n) is 4.72. The second kappa shape index (κ2) is 15.1. The van der Waals surface area contributed by atoms with Crippen LogP contribution < -0.4 is 11.2 Å². The van der Waals surface area contributed by atoms with Crippen molar-refractivity contribution in [1.29, 1.82) is 0 Å². The molecule has 0 aliphatic carbocycles. The lowest BCUT2D eigenvalue weighted by molar-refractivity contribution is 0.597. The SMILES string of the molecule is CCCC[P+](CCCC)(CCCC)CCCC.O=c1[nH]cc(F)c(=O)[nH]1. The van der Waals surface area contributed by atoms with E-state index in [1.54, 1.807) is 29.6 Å². The number of rotatable bonds is 12. The van der Waals surface area contributed by atoms with Crippen LogP contribution in [-0.2, 0) is 0 Å². The van der Waals surface area contributed by atoms with Gasteiger partial charge in [0.1, 0.15) is 0 Å². The molecule has 0 aromatic carbocycles. The molecule has 0 radical (unpaired) electrons. The number of halogens is 1. The molecule has 0 fully saturated rings. The minimum Gasteiger partial charge on any atom is -0.311 e. The summed E-state index contributed by atoms with van der Waals surface area (Å²) >= 11 is 0. The minimum atomic E-state index is -1.00. The van der Waals surface area contributed by atoms with E-state index in [0.29, 0.717) is 6.20 Å². The number of H-pyrrole nitrogens is 2. The first-order valence-corrected chi connectivity index (χ1v) is 12.8. The summed E-state index contributed by atoms with van der Waals surface area (Å²) in [6.07, 6.45) is 18.7. The van der Waals surface area contributed by atoms with Crippen LogP contribution >= 0.6 is 7.26 Å². The molecular formula is C20H39FN2O2P+. The lowest BCUT2D eigenvalue weighted by Gasteiger charge is -2.28. The van der Waals surface area contributed by atoms with Gasteiger partial charge in [-0.3, -0.25) is 9.78 Å². The molecule has 0 spiro atoms. The van der Waals surface area contributed by atoms with Gasteiger partial charge < -0.3 is 4.98 Å². The van der Waals surface area contributed by atoms with E-state index in [2.05, 4.69) is 27.7 Å². The van der Waals surface area contributed by atoms with Gasteiger partial charge in [0.05, 0.1) is 24.6 Å². The standard InChI is InChI=1S/C16H36P.C4H3FN2O2/c1-5-9-13-17(14-10-6-2,15-11-7-3)16-12-8-4;5-2-1-6-4(9)7-3(2)8/h5-16H2,1-4H3;1H,(H2,6,7,8,9)/q+1;. The predicted molar refractivity (Wildman–Crippen MR) is 114 cm³/mol. The molecule has 1 heterocycles. The number of aromatic nitrogens is 2. The topological polar surface area (TPSA) is 65.7 Å². The zero-order chi connectivity index (χ0) is 19.8. The van der Waals surface area contributed by atoms with Gasteiger partial charge in [-0.25, -0.2) is 4.79 Å². The summed E-state index contributed by atoms with van der Waals surface area (Å²) in [6.45, 7) is 9.42. The summed E-state index contributed by atoms with van der Waals surface area (Å²) in [5.74, 6) is -0.991. The van der Waals surface area contributed by atoms with Crippen LogP contribution in [0.25, 0.3) is 0 Å². The molecule has 26 heavy (non-hydrogen) atoms. The van der Waals surface area contributed by atoms with Crippen LogP contribution in [0.3, 0.4) is 0 Å². The van der Waals surface area contributed by atoms with Crippen LogP contribution in [0.1, 0.15) is 79.1 Å². The average molecular weight is 390 g/mol. The molecule has 0 aliphatic heterocycles. The molecule has 152 valence electrons. The molecule has 0 amide bonds. The molecule has 1 aromatic heterocycles. The van der Waals surface area contributed by atoms with E-state index in [4.69, 9.17) is 0 Å². The minimum absolute atomic E-state index is 0.562. The van der Waals surface area contributed by atoms with Crippen molar-refractivity contribution >= 4 is 7.26 Å².